The molecule has 0 saturated carbocycles. The van der Waals surface area contributed by atoms with E-state index in [4.69, 9.17) is 9.47 Å². The van der Waals surface area contributed by atoms with E-state index < -0.39 is 0 Å². The zero-order valence-electron chi connectivity index (χ0n) is 17.4. The molecule has 0 amide bonds. The van der Waals surface area contributed by atoms with Crippen molar-refractivity contribution in [3.8, 4) is 16.6 Å². The predicted octanol–water partition coefficient (Wildman–Crippen LogP) is 3.75. The smallest absolute Gasteiger partial charge is 0.316 e. The Morgan fingerprint density at radius 3 is 2.74 bits per heavy atom. The van der Waals surface area contributed by atoms with Gasteiger partial charge in [0.25, 0.3) is 0 Å². The first-order chi connectivity index (χ1) is 15.3. The monoisotopic (exact) mass is 438 g/mol. The molecule has 31 heavy (non-hydrogen) atoms. The highest BCUT2D eigenvalue weighted by molar-refractivity contribution is 7.18. The summed E-state index contributed by atoms with van der Waals surface area (Å²) in [6.07, 6.45) is 9.43. The summed E-state index contributed by atoms with van der Waals surface area (Å²) in [6.45, 7) is 5.42. The van der Waals surface area contributed by atoms with Crippen molar-refractivity contribution in [3.63, 3.8) is 0 Å². The average molecular weight is 439 g/mol. The maximum Gasteiger partial charge on any atom is 0.316 e. The number of pyridine rings is 1. The van der Waals surface area contributed by atoms with Gasteiger partial charge in [-0.3, -0.25) is 4.90 Å². The fourth-order valence-electron chi connectivity index (χ4n) is 3.65. The predicted molar refractivity (Wildman–Crippen MR) is 120 cm³/mol. The van der Waals surface area contributed by atoms with Crippen LogP contribution in [0.2, 0.25) is 0 Å². The Labute approximate surface area is 185 Å². The first-order valence-electron chi connectivity index (χ1n) is 10.8. The highest BCUT2D eigenvalue weighted by Gasteiger charge is 2.19. The van der Waals surface area contributed by atoms with Gasteiger partial charge >= 0.3 is 6.01 Å². The normalized spacial score (nSPS) is 17.3. The molecule has 5 rings (SSSR count). The van der Waals surface area contributed by atoms with E-state index in [2.05, 4.69) is 36.2 Å². The molecule has 2 fully saturated rings. The second-order valence-corrected chi connectivity index (χ2v) is 9.01. The fraction of sp³-hybridized carbons (Fsp3) is 0.455. The van der Waals surface area contributed by atoms with E-state index in [1.54, 1.807) is 6.20 Å². The molecule has 8 nitrogen and oxygen atoms in total. The molecule has 9 heteroatoms. The molecule has 3 aromatic heterocycles. The minimum absolute atomic E-state index is 0.387. The van der Waals surface area contributed by atoms with Gasteiger partial charge in [-0.1, -0.05) is 23.8 Å². The van der Waals surface area contributed by atoms with Crippen LogP contribution in [0.1, 0.15) is 24.8 Å². The van der Waals surface area contributed by atoms with Crippen LogP contribution < -0.4 is 10.1 Å². The lowest BCUT2D eigenvalue weighted by Gasteiger charge is -2.26. The summed E-state index contributed by atoms with van der Waals surface area (Å²) in [5.41, 5.74) is 2.04. The number of thiazole rings is 1. The van der Waals surface area contributed by atoms with Gasteiger partial charge in [-0.2, -0.15) is 4.98 Å². The highest BCUT2D eigenvalue weighted by Crippen LogP contribution is 2.29. The zero-order valence-corrected chi connectivity index (χ0v) is 18.2. The summed E-state index contributed by atoms with van der Waals surface area (Å²) in [5, 5.41) is 4.07. The van der Waals surface area contributed by atoms with Crippen molar-refractivity contribution in [2.45, 2.75) is 25.8 Å². The largest absolute Gasteiger partial charge is 0.463 e. The van der Waals surface area contributed by atoms with Crippen molar-refractivity contribution >= 4 is 22.3 Å². The molecule has 1 N–H and O–H groups in total. The molecule has 0 aromatic carbocycles. The molecule has 0 radical (unpaired) electrons. The van der Waals surface area contributed by atoms with Gasteiger partial charge in [-0.05, 0) is 43.6 Å². The number of anilines is 2. The fourth-order valence-corrected chi connectivity index (χ4v) is 4.44. The molecular weight excluding hydrogens is 412 g/mol. The summed E-state index contributed by atoms with van der Waals surface area (Å²) in [4.78, 5) is 21.2. The molecule has 0 unspecified atom stereocenters. The minimum Gasteiger partial charge on any atom is -0.463 e. The van der Waals surface area contributed by atoms with E-state index in [-0.39, 0.29) is 0 Å². The molecule has 0 atom stereocenters. The third-order valence-electron chi connectivity index (χ3n) is 5.46. The lowest BCUT2D eigenvalue weighted by molar-refractivity contribution is -0.0520. The summed E-state index contributed by atoms with van der Waals surface area (Å²) in [7, 11) is 0. The second-order valence-electron chi connectivity index (χ2n) is 7.98. The Kier molecular flexibility index (Phi) is 6.33. The van der Waals surface area contributed by atoms with E-state index in [0.29, 0.717) is 18.5 Å². The van der Waals surface area contributed by atoms with Gasteiger partial charge in [-0.25, -0.2) is 15.0 Å². The van der Waals surface area contributed by atoms with Gasteiger partial charge in [0, 0.05) is 31.1 Å². The Morgan fingerprint density at radius 1 is 1.06 bits per heavy atom. The van der Waals surface area contributed by atoms with Gasteiger partial charge in [0.05, 0.1) is 30.4 Å². The molecule has 162 valence electrons. The van der Waals surface area contributed by atoms with E-state index >= 15 is 0 Å². The lowest BCUT2D eigenvalue weighted by Crippen LogP contribution is -2.32. The summed E-state index contributed by atoms with van der Waals surface area (Å²) in [5.74, 6) is 1.22. The maximum absolute atomic E-state index is 5.69. The number of likely N-dealkylation sites (tertiary alicyclic amines) is 1. The molecule has 0 bridgehead atoms. The Bertz CT molecular complexity index is 986. The standard InChI is InChI=1S/C22H26N6O2S/c1-2-8-28(9-3-1)12-16-4-5-20(24-10-16)27-22-25-11-19(31-22)18-6-7-23-21(26-18)30-15-17-13-29-14-17/h4-7,10-11,17H,1-3,8-9,12-15H2,(H,24,25,27). The number of hydrogen-bond acceptors (Lipinski definition) is 9. The average Bonchev–Trinajstić information content (AvgIpc) is 3.24. The Balaban J connectivity index is 1.18. The molecule has 3 aromatic rings. The van der Waals surface area contributed by atoms with Crippen LogP contribution in [-0.2, 0) is 11.3 Å². The van der Waals surface area contributed by atoms with Gasteiger partial charge in [-0.15, -0.1) is 0 Å². The molecule has 2 saturated heterocycles. The molecule has 2 aliphatic heterocycles. The van der Waals surface area contributed by atoms with Crippen molar-refractivity contribution in [1.82, 2.24) is 24.8 Å². The first kappa shape index (κ1) is 20.3. The van der Waals surface area contributed by atoms with Gasteiger partial charge in [0.2, 0.25) is 0 Å². The highest BCUT2D eigenvalue weighted by atomic mass is 32.1. The van der Waals surface area contributed by atoms with Crippen molar-refractivity contribution in [1.29, 1.82) is 0 Å². The summed E-state index contributed by atoms with van der Waals surface area (Å²) in [6, 6.07) is 6.41. The van der Waals surface area contributed by atoms with Crippen LogP contribution in [0.15, 0.2) is 36.8 Å². The Hall–Kier alpha value is -2.62. The van der Waals surface area contributed by atoms with Crippen LogP contribution in [0, 0.1) is 5.92 Å². The van der Waals surface area contributed by atoms with Crippen LogP contribution in [0.4, 0.5) is 10.9 Å². The van der Waals surface area contributed by atoms with Crippen LogP contribution in [-0.4, -0.2) is 57.7 Å². The number of rotatable bonds is 8. The number of hydrogen-bond donors (Lipinski definition) is 1. The van der Waals surface area contributed by atoms with E-state index in [1.165, 1.54) is 49.3 Å². The molecule has 5 heterocycles. The molecular formula is C22H26N6O2S. The quantitative estimate of drug-likeness (QED) is 0.569. The van der Waals surface area contributed by atoms with Gasteiger partial charge in [0.1, 0.15) is 5.82 Å². The van der Waals surface area contributed by atoms with Crippen LogP contribution in [0.5, 0.6) is 6.01 Å². The third-order valence-corrected chi connectivity index (χ3v) is 6.40. The van der Waals surface area contributed by atoms with Crippen LogP contribution >= 0.6 is 11.3 Å². The summed E-state index contributed by atoms with van der Waals surface area (Å²) >= 11 is 1.53. The van der Waals surface area contributed by atoms with Gasteiger partial charge < -0.3 is 14.8 Å². The topological polar surface area (TPSA) is 85.3 Å². The minimum atomic E-state index is 0.387. The zero-order chi connectivity index (χ0) is 20.9. The molecule has 0 aliphatic carbocycles. The van der Waals surface area contributed by atoms with Crippen molar-refractivity contribution < 1.29 is 9.47 Å². The first-order valence-corrected chi connectivity index (χ1v) is 11.6. The van der Waals surface area contributed by atoms with Crippen molar-refractivity contribution in [3.05, 3.63) is 42.4 Å². The SMILES string of the molecule is c1cc(-c2cnc(Nc3ccc(CN4CCCCC4)cn3)s2)nc(OCC2COC2)n1. The third kappa shape index (κ3) is 5.36. The van der Waals surface area contributed by atoms with Crippen LogP contribution in [0.3, 0.4) is 0 Å². The summed E-state index contributed by atoms with van der Waals surface area (Å²) < 4.78 is 10.9. The van der Waals surface area contributed by atoms with Gasteiger partial charge in [0.15, 0.2) is 5.13 Å². The number of piperidine rings is 1. The molecule has 0 spiro atoms. The van der Waals surface area contributed by atoms with Crippen molar-refractivity contribution in [2.24, 2.45) is 5.92 Å². The van der Waals surface area contributed by atoms with E-state index in [0.717, 1.165) is 41.3 Å². The number of aromatic nitrogens is 4. The molecule has 2 aliphatic rings. The van der Waals surface area contributed by atoms with E-state index in [9.17, 15) is 0 Å². The van der Waals surface area contributed by atoms with E-state index in [1.807, 2.05) is 24.5 Å². The number of nitrogens with one attached hydrogen (secondary N) is 1. The van der Waals surface area contributed by atoms with Crippen molar-refractivity contribution in [2.75, 3.05) is 38.2 Å². The number of nitrogens with zero attached hydrogens (tertiary/aromatic N) is 5. The Morgan fingerprint density at radius 2 is 1.97 bits per heavy atom. The van der Waals surface area contributed by atoms with Crippen LogP contribution in [0.25, 0.3) is 10.6 Å². The second kappa shape index (κ2) is 9.67. The number of ether oxygens (including phenoxy) is 2. The lowest BCUT2D eigenvalue weighted by atomic mass is 10.1. The maximum atomic E-state index is 5.69.